The first-order chi connectivity index (χ1) is 4.22. The monoisotopic (exact) mass is 124 g/mol. The zero-order valence-electron chi connectivity index (χ0n) is 5.09. The van der Waals surface area contributed by atoms with Crippen molar-refractivity contribution in [3.05, 3.63) is 25.3 Å². The Kier molecular flexibility index (Phi) is 3.28. The van der Waals surface area contributed by atoms with Gasteiger partial charge in [-0.3, -0.25) is 9.59 Å². The van der Waals surface area contributed by atoms with E-state index in [-0.39, 0.29) is 6.42 Å². The van der Waals surface area contributed by atoms with Gasteiger partial charge in [0.25, 0.3) is 0 Å². The Bertz CT molecular complexity index is 156. The Labute approximate surface area is 53.9 Å². The number of carbonyl (C=O) groups is 2. The number of rotatable bonds is 4. The molecule has 0 unspecified atom stereocenters. The van der Waals surface area contributed by atoms with Crippen molar-refractivity contribution in [3.8, 4) is 0 Å². The van der Waals surface area contributed by atoms with Crippen LogP contribution in [0.25, 0.3) is 0 Å². The lowest BCUT2D eigenvalue weighted by Gasteiger charge is -1.85. The van der Waals surface area contributed by atoms with E-state index in [9.17, 15) is 9.59 Å². The minimum atomic E-state index is -0.546. The van der Waals surface area contributed by atoms with Gasteiger partial charge in [-0.05, 0) is 6.08 Å². The fraction of sp³-hybridized carbons (Fsp3) is 0.143. The van der Waals surface area contributed by atoms with Crippen LogP contribution in [-0.2, 0) is 9.59 Å². The Morgan fingerprint density at radius 1 is 1.33 bits per heavy atom. The number of hydrogen-bond donors (Lipinski definition) is 0. The van der Waals surface area contributed by atoms with Crippen LogP contribution in [0.2, 0.25) is 0 Å². The zero-order chi connectivity index (χ0) is 7.28. The third-order valence-corrected chi connectivity index (χ3v) is 0.790. The van der Waals surface area contributed by atoms with Crippen LogP contribution in [0.3, 0.4) is 0 Å². The van der Waals surface area contributed by atoms with Crippen molar-refractivity contribution in [2.24, 2.45) is 0 Å². The van der Waals surface area contributed by atoms with Gasteiger partial charge < -0.3 is 0 Å². The molecule has 0 saturated carbocycles. The molecule has 0 aromatic heterocycles. The molecule has 0 spiro atoms. The minimum absolute atomic E-state index is 0.102. The largest absolute Gasteiger partial charge is 0.290 e. The maximum Gasteiger partial charge on any atom is 0.221 e. The molecule has 0 aliphatic rings. The molecule has 48 valence electrons. The van der Waals surface area contributed by atoms with E-state index >= 15 is 0 Å². The maximum absolute atomic E-state index is 10.5. The van der Waals surface area contributed by atoms with Crippen molar-refractivity contribution in [1.82, 2.24) is 0 Å². The van der Waals surface area contributed by atoms with Gasteiger partial charge in [0.1, 0.15) is 0 Å². The van der Waals surface area contributed by atoms with Gasteiger partial charge in [-0.25, -0.2) is 0 Å². The van der Waals surface area contributed by atoms with Gasteiger partial charge in [-0.15, -0.1) is 6.58 Å². The molecule has 0 bridgehead atoms. The first-order valence-electron chi connectivity index (χ1n) is 2.53. The molecule has 0 fully saturated rings. The summed E-state index contributed by atoms with van der Waals surface area (Å²) in [4.78, 5) is 20.9. The van der Waals surface area contributed by atoms with E-state index in [2.05, 4.69) is 13.2 Å². The molecular formula is C7H8O2. The number of hydrogen-bond acceptors (Lipinski definition) is 2. The van der Waals surface area contributed by atoms with Crippen LogP contribution in [-0.4, -0.2) is 11.6 Å². The predicted octanol–water partition coefficient (Wildman–Crippen LogP) is 0.887. The van der Waals surface area contributed by atoms with Crippen molar-refractivity contribution in [2.75, 3.05) is 0 Å². The summed E-state index contributed by atoms with van der Waals surface area (Å²) in [6.07, 6.45) is 2.50. The summed E-state index contributed by atoms with van der Waals surface area (Å²) in [5.74, 6) is -1.00. The van der Waals surface area contributed by atoms with Crippen LogP contribution in [0.15, 0.2) is 25.3 Å². The lowest BCUT2D eigenvalue weighted by atomic mass is 10.2. The summed E-state index contributed by atoms with van der Waals surface area (Å²) in [6, 6.07) is 0. The Morgan fingerprint density at radius 3 is 2.22 bits per heavy atom. The Balaban J connectivity index is 3.87. The second kappa shape index (κ2) is 3.78. The van der Waals surface area contributed by atoms with Gasteiger partial charge in [-0.2, -0.15) is 0 Å². The second-order valence-electron chi connectivity index (χ2n) is 1.48. The van der Waals surface area contributed by atoms with Crippen molar-refractivity contribution in [2.45, 2.75) is 6.42 Å². The van der Waals surface area contributed by atoms with Crippen LogP contribution in [0.5, 0.6) is 0 Å². The molecule has 0 N–H and O–H groups in total. The highest BCUT2D eigenvalue weighted by Crippen LogP contribution is 1.85. The summed E-state index contributed by atoms with van der Waals surface area (Å²) in [5.41, 5.74) is 0. The van der Waals surface area contributed by atoms with Gasteiger partial charge in [0.15, 0.2) is 0 Å². The van der Waals surface area contributed by atoms with E-state index in [1.54, 1.807) is 0 Å². The van der Waals surface area contributed by atoms with Crippen LogP contribution < -0.4 is 0 Å². The van der Waals surface area contributed by atoms with Crippen LogP contribution in [0.4, 0.5) is 0 Å². The van der Waals surface area contributed by atoms with Gasteiger partial charge in [-0.1, -0.05) is 12.7 Å². The smallest absolute Gasteiger partial charge is 0.221 e. The fourth-order valence-electron chi connectivity index (χ4n) is 0.346. The van der Waals surface area contributed by atoms with Crippen molar-refractivity contribution < 1.29 is 9.59 Å². The number of carbonyl (C=O) groups excluding carboxylic acids is 2. The maximum atomic E-state index is 10.5. The first kappa shape index (κ1) is 7.82. The molecule has 0 rings (SSSR count). The van der Waals surface area contributed by atoms with E-state index in [1.165, 1.54) is 6.08 Å². The molecule has 0 aromatic rings. The van der Waals surface area contributed by atoms with E-state index < -0.39 is 11.6 Å². The molecule has 9 heavy (non-hydrogen) atoms. The van der Waals surface area contributed by atoms with E-state index in [0.29, 0.717) is 0 Å². The highest BCUT2D eigenvalue weighted by molar-refractivity contribution is 6.41. The molecule has 0 atom stereocenters. The summed E-state index contributed by atoms with van der Waals surface area (Å²) in [6.45, 7) is 6.47. The normalized spacial score (nSPS) is 8.00. The molecule has 0 aromatic carbocycles. The molecule has 0 aliphatic carbocycles. The van der Waals surface area contributed by atoms with E-state index in [4.69, 9.17) is 0 Å². The molecular weight excluding hydrogens is 116 g/mol. The Morgan fingerprint density at radius 2 is 1.89 bits per heavy atom. The molecule has 0 radical (unpaired) electrons. The highest BCUT2D eigenvalue weighted by atomic mass is 16.2. The number of ketones is 2. The summed E-state index contributed by atoms with van der Waals surface area (Å²) >= 11 is 0. The topological polar surface area (TPSA) is 34.1 Å². The number of allylic oxidation sites excluding steroid dienone is 2. The van der Waals surface area contributed by atoms with Crippen molar-refractivity contribution in [3.63, 3.8) is 0 Å². The first-order valence-corrected chi connectivity index (χ1v) is 2.53. The fourth-order valence-corrected chi connectivity index (χ4v) is 0.346. The molecule has 2 nitrogen and oxygen atoms in total. The van der Waals surface area contributed by atoms with Gasteiger partial charge in [0.2, 0.25) is 11.6 Å². The minimum Gasteiger partial charge on any atom is -0.290 e. The average Bonchev–Trinajstić information content (AvgIpc) is 1.87. The van der Waals surface area contributed by atoms with E-state index in [1.807, 2.05) is 0 Å². The Hall–Kier alpha value is -1.18. The number of Topliss-reactive ketones (excluding diaryl/α,β-unsaturated/α-hetero) is 1. The van der Waals surface area contributed by atoms with Gasteiger partial charge in [0, 0.05) is 6.42 Å². The quantitative estimate of drug-likeness (QED) is 0.317. The van der Waals surface area contributed by atoms with Crippen molar-refractivity contribution in [1.29, 1.82) is 0 Å². The predicted molar refractivity (Wildman–Crippen MR) is 35.0 cm³/mol. The molecule has 2 heteroatoms. The second-order valence-corrected chi connectivity index (χ2v) is 1.48. The zero-order valence-corrected chi connectivity index (χ0v) is 5.09. The molecule has 0 amide bonds. The SMILES string of the molecule is C=CCC(=O)C(=O)C=C. The van der Waals surface area contributed by atoms with Crippen LogP contribution >= 0.6 is 0 Å². The molecule has 0 aliphatic heterocycles. The summed E-state index contributed by atoms with van der Waals surface area (Å²) in [5, 5.41) is 0. The van der Waals surface area contributed by atoms with Gasteiger partial charge >= 0.3 is 0 Å². The third-order valence-electron chi connectivity index (χ3n) is 0.790. The van der Waals surface area contributed by atoms with Crippen LogP contribution in [0.1, 0.15) is 6.42 Å². The van der Waals surface area contributed by atoms with E-state index in [0.717, 1.165) is 6.08 Å². The van der Waals surface area contributed by atoms with Crippen LogP contribution in [0, 0.1) is 0 Å². The molecule has 0 heterocycles. The van der Waals surface area contributed by atoms with Gasteiger partial charge in [0.05, 0.1) is 0 Å². The summed E-state index contributed by atoms with van der Waals surface area (Å²) < 4.78 is 0. The third kappa shape index (κ3) is 2.59. The molecule has 0 saturated heterocycles. The average molecular weight is 124 g/mol. The summed E-state index contributed by atoms with van der Waals surface area (Å²) in [7, 11) is 0. The lowest BCUT2D eigenvalue weighted by molar-refractivity contribution is -0.133. The standard InChI is InChI=1S/C7H8O2/c1-3-5-7(9)6(8)4-2/h3-4H,1-2,5H2. The highest BCUT2D eigenvalue weighted by Gasteiger charge is 2.04. The lowest BCUT2D eigenvalue weighted by Crippen LogP contribution is -2.08. The van der Waals surface area contributed by atoms with Crippen molar-refractivity contribution >= 4 is 11.6 Å².